The fourth-order valence-electron chi connectivity index (χ4n) is 2.05. The van der Waals surface area contributed by atoms with Gasteiger partial charge in [0.2, 0.25) is 0 Å². The van der Waals surface area contributed by atoms with Crippen molar-refractivity contribution in [3.05, 3.63) is 65.0 Å². The summed E-state index contributed by atoms with van der Waals surface area (Å²) in [6.07, 6.45) is 6.26. The van der Waals surface area contributed by atoms with Crippen molar-refractivity contribution >= 4 is 5.97 Å². The number of aromatic amines is 1. The lowest BCUT2D eigenvalue weighted by Crippen LogP contribution is -2.17. The summed E-state index contributed by atoms with van der Waals surface area (Å²) in [6, 6.07) is 6.55. The molecule has 0 atom stereocenters. The Morgan fingerprint density at radius 1 is 1.32 bits per heavy atom. The quantitative estimate of drug-likeness (QED) is 0.738. The van der Waals surface area contributed by atoms with Crippen LogP contribution in [0.2, 0.25) is 0 Å². The van der Waals surface area contributed by atoms with Gasteiger partial charge < -0.3 is 4.74 Å². The molecule has 1 N–H and O–H groups in total. The van der Waals surface area contributed by atoms with Gasteiger partial charge in [0.05, 0.1) is 18.2 Å². The molecule has 3 heterocycles. The maximum atomic E-state index is 12.5. The number of carbonyl (C=O) groups is 1. The highest BCUT2D eigenvalue weighted by atomic mass is 16.5. The van der Waals surface area contributed by atoms with Crippen LogP contribution in [0.5, 0.6) is 0 Å². The van der Waals surface area contributed by atoms with Gasteiger partial charge in [-0.3, -0.25) is 14.9 Å². The molecular formula is C15H12N4O3. The van der Waals surface area contributed by atoms with Crippen LogP contribution in [-0.4, -0.2) is 32.8 Å². The minimum Gasteiger partial charge on any atom is -0.465 e. The van der Waals surface area contributed by atoms with Crippen LogP contribution >= 0.6 is 0 Å². The summed E-state index contributed by atoms with van der Waals surface area (Å²) in [5, 5.41) is 2.83. The number of nitrogens with zero attached hydrogens (tertiary/aromatic N) is 3. The molecule has 110 valence electrons. The number of rotatable bonds is 3. The van der Waals surface area contributed by atoms with Crippen molar-refractivity contribution in [2.75, 3.05) is 7.11 Å². The molecule has 0 aliphatic rings. The number of methoxy groups -OCH3 is 1. The summed E-state index contributed by atoms with van der Waals surface area (Å²) in [5.41, 5.74) is 1.21. The Kier molecular flexibility index (Phi) is 3.53. The van der Waals surface area contributed by atoms with E-state index in [0.717, 1.165) is 0 Å². The monoisotopic (exact) mass is 296 g/mol. The molecule has 0 radical (unpaired) electrons. The molecule has 0 saturated carbocycles. The van der Waals surface area contributed by atoms with Crippen molar-refractivity contribution in [2.45, 2.75) is 0 Å². The molecule has 22 heavy (non-hydrogen) atoms. The number of hydrogen-bond donors (Lipinski definition) is 1. The number of aromatic nitrogens is 4. The predicted molar refractivity (Wildman–Crippen MR) is 78.8 cm³/mol. The van der Waals surface area contributed by atoms with E-state index in [-0.39, 0.29) is 5.56 Å². The van der Waals surface area contributed by atoms with E-state index in [1.165, 1.54) is 30.1 Å². The zero-order valence-electron chi connectivity index (χ0n) is 11.7. The third kappa shape index (κ3) is 2.39. The first-order chi connectivity index (χ1) is 10.7. The second kappa shape index (κ2) is 5.65. The summed E-state index contributed by atoms with van der Waals surface area (Å²) in [4.78, 5) is 32.1. The van der Waals surface area contributed by atoms with Crippen molar-refractivity contribution in [2.24, 2.45) is 0 Å². The molecule has 3 rings (SSSR count). The lowest BCUT2D eigenvalue weighted by molar-refractivity contribution is 0.0600. The van der Waals surface area contributed by atoms with Crippen LogP contribution in [0.3, 0.4) is 0 Å². The number of pyridine rings is 2. The first-order valence-corrected chi connectivity index (χ1v) is 6.46. The zero-order valence-corrected chi connectivity index (χ0v) is 11.7. The summed E-state index contributed by atoms with van der Waals surface area (Å²) in [5.74, 6) is -0.182. The van der Waals surface area contributed by atoms with E-state index in [4.69, 9.17) is 0 Å². The van der Waals surface area contributed by atoms with Crippen LogP contribution in [0, 0.1) is 0 Å². The van der Waals surface area contributed by atoms with Gasteiger partial charge in [-0.25, -0.2) is 14.5 Å². The lowest BCUT2D eigenvalue weighted by atomic mass is 10.2. The molecule has 0 aliphatic carbocycles. The standard InChI is InChI=1S/C15H12N4O3/c1-22-15(21)10-4-6-17-13(7-10)19-14(20)12(9-18-19)11-3-2-5-16-8-11/h2-9,18H,1H3. The van der Waals surface area contributed by atoms with Crippen LogP contribution in [0.25, 0.3) is 16.9 Å². The van der Waals surface area contributed by atoms with Gasteiger partial charge in [0.15, 0.2) is 5.82 Å². The minimum atomic E-state index is -0.490. The summed E-state index contributed by atoms with van der Waals surface area (Å²) in [6.45, 7) is 0. The number of esters is 1. The minimum absolute atomic E-state index is 0.275. The SMILES string of the molecule is COC(=O)c1ccnc(-n2[nH]cc(-c3cccnc3)c2=O)c1. The lowest BCUT2D eigenvalue weighted by Gasteiger charge is -2.03. The van der Waals surface area contributed by atoms with Gasteiger partial charge in [-0.2, -0.15) is 0 Å². The van der Waals surface area contributed by atoms with Gasteiger partial charge in [0.1, 0.15) is 0 Å². The molecule has 0 saturated heterocycles. The molecule has 0 amide bonds. The van der Waals surface area contributed by atoms with E-state index in [9.17, 15) is 9.59 Å². The second-order valence-corrected chi connectivity index (χ2v) is 4.46. The summed E-state index contributed by atoms with van der Waals surface area (Å²) >= 11 is 0. The molecule has 0 aromatic carbocycles. The molecule has 0 unspecified atom stereocenters. The van der Waals surface area contributed by atoms with Crippen LogP contribution in [0.4, 0.5) is 0 Å². The Morgan fingerprint density at radius 3 is 2.91 bits per heavy atom. The molecule has 7 nitrogen and oxygen atoms in total. The Morgan fingerprint density at radius 2 is 2.18 bits per heavy atom. The number of ether oxygens (including phenoxy) is 1. The van der Waals surface area contributed by atoms with Gasteiger partial charge >= 0.3 is 5.97 Å². The highest BCUT2D eigenvalue weighted by molar-refractivity contribution is 5.89. The average Bonchev–Trinajstić information content (AvgIpc) is 2.96. The van der Waals surface area contributed by atoms with Crippen LogP contribution in [0.1, 0.15) is 10.4 Å². The number of nitrogens with one attached hydrogen (secondary N) is 1. The molecule has 0 spiro atoms. The second-order valence-electron chi connectivity index (χ2n) is 4.46. The fraction of sp³-hybridized carbons (Fsp3) is 0.0667. The molecule has 0 aliphatic heterocycles. The maximum Gasteiger partial charge on any atom is 0.338 e. The first kappa shape index (κ1) is 13.7. The number of H-pyrrole nitrogens is 1. The molecular weight excluding hydrogens is 284 g/mol. The molecule has 7 heteroatoms. The number of hydrogen-bond acceptors (Lipinski definition) is 5. The fourth-order valence-corrected chi connectivity index (χ4v) is 2.05. The molecule has 0 bridgehead atoms. The Balaban J connectivity index is 2.06. The normalized spacial score (nSPS) is 10.4. The largest absolute Gasteiger partial charge is 0.465 e. The van der Waals surface area contributed by atoms with E-state index in [1.54, 1.807) is 30.7 Å². The smallest absolute Gasteiger partial charge is 0.338 e. The van der Waals surface area contributed by atoms with E-state index < -0.39 is 5.97 Å². The average molecular weight is 296 g/mol. The van der Waals surface area contributed by atoms with E-state index >= 15 is 0 Å². The first-order valence-electron chi connectivity index (χ1n) is 6.46. The van der Waals surface area contributed by atoms with E-state index in [0.29, 0.717) is 22.5 Å². The Hall–Kier alpha value is -3.22. The van der Waals surface area contributed by atoms with Gasteiger partial charge in [-0.15, -0.1) is 0 Å². The van der Waals surface area contributed by atoms with Crippen LogP contribution in [0.15, 0.2) is 53.8 Å². The van der Waals surface area contributed by atoms with Crippen LogP contribution in [-0.2, 0) is 4.74 Å². The molecule has 3 aromatic heterocycles. The Bertz CT molecular complexity index is 868. The summed E-state index contributed by atoms with van der Waals surface area (Å²) < 4.78 is 5.92. The van der Waals surface area contributed by atoms with Gasteiger partial charge in [-0.1, -0.05) is 6.07 Å². The third-order valence-corrected chi connectivity index (χ3v) is 3.14. The molecule has 3 aromatic rings. The van der Waals surface area contributed by atoms with Crippen molar-refractivity contribution in [1.29, 1.82) is 0 Å². The van der Waals surface area contributed by atoms with Crippen molar-refractivity contribution in [3.63, 3.8) is 0 Å². The van der Waals surface area contributed by atoms with E-state index in [2.05, 4.69) is 19.8 Å². The number of carbonyl (C=O) groups excluding carboxylic acids is 1. The van der Waals surface area contributed by atoms with Gasteiger partial charge in [0, 0.05) is 30.4 Å². The molecule has 0 fully saturated rings. The van der Waals surface area contributed by atoms with Gasteiger partial charge in [-0.05, 0) is 18.2 Å². The highest BCUT2D eigenvalue weighted by Gasteiger charge is 2.13. The van der Waals surface area contributed by atoms with E-state index in [1.807, 2.05) is 0 Å². The Labute approximate surface area is 125 Å². The summed E-state index contributed by atoms with van der Waals surface area (Å²) in [7, 11) is 1.30. The van der Waals surface area contributed by atoms with Crippen LogP contribution < -0.4 is 5.56 Å². The van der Waals surface area contributed by atoms with Crippen molar-refractivity contribution in [1.82, 2.24) is 19.7 Å². The van der Waals surface area contributed by atoms with Crippen molar-refractivity contribution < 1.29 is 9.53 Å². The maximum absolute atomic E-state index is 12.5. The zero-order chi connectivity index (χ0) is 15.5. The highest BCUT2D eigenvalue weighted by Crippen LogP contribution is 2.14. The third-order valence-electron chi connectivity index (χ3n) is 3.14. The van der Waals surface area contributed by atoms with Gasteiger partial charge in [0.25, 0.3) is 5.56 Å². The van der Waals surface area contributed by atoms with Crippen molar-refractivity contribution in [3.8, 4) is 16.9 Å². The predicted octanol–water partition coefficient (Wildman–Crippen LogP) is 1.41. The topological polar surface area (TPSA) is 89.9 Å².